The molecule has 0 fully saturated rings. The van der Waals surface area contributed by atoms with Crippen LogP contribution in [0.15, 0.2) is 59.8 Å². The summed E-state index contributed by atoms with van der Waals surface area (Å²) in [5, 5.41) is 26.1. The van der Waals surface area contributed by atoms with E-state index >= 15 is 0 Å². The molecule has 1 atom stereocenters. The predicted octanol–water partition coefficient (Wildman–Crippen LogP) is 4.63. The largest absolute Gasteiger partial charge is 0.334 e. The van der Waals surface area contributed by atoms with Crippen molar-refractivity contribution >= 4 is 23.5 Å². The van der Waals surface area contributed by atoms with Crippen LogP contribution in [0.5, 0.6) is 0 Å². The zero-order valence-corrected chi connectivity index (χ0v) is 19.2. The average Bonchev–Trinajstić information content (AvgIpc) is 3.15. The normalized spacial score (nSPS) is 12.2. The summed E-state index contributed by atoms with van der Waals surface area (Å²) >= 11 is 1.50. The quantitative estimate of drug-likeness (QED) is 0.306. The summed E-state index contributed by atoms with van der Waals surface area (Å²) in [4.78, 5) is 23.0. The van der Waals surface area contributed by atoms with Crippen molar-refractivity contribution in [3.8, 4) is 5.69 Å². The summed E-state index contributed by atoms with van der Waals surface area (Å²) in [6.07, 6.45) is 0. The lowest BCUT2D eigenvalue weighted by molar-refractivity contribution is -0.384. The number of urea groups is 1. The van der Waals surface area contributed by atoms with Gasteiger partial charge in [0.05, 0.1) is 11.0 Å². The molecule has 0 radical (unpaired) electrons. The summed E-state index contributed by atoms with van der Waals surface area (Å²) in [6, 6.07) is 15.4. The third kappa shape index (κ3) is 6.07. The Morgan fingerprint density at radius 1 is 1.12 bits per heavy atom. The van der Waals surface area contributed by atoms with Crippen LogP contribution in [-0.2, 0) is 5.75 Å². The van der Waals surface area contributed by atoms with Gasteiger partial charge in [-0.2, -0.15) is 0 Å². The van der Waals surface area contributed by atoms with Crippen LogP contribution in [0.2, 0.25) is 0 Å². The van der Waals surface area contributed by atoms with Crippen LogP contribution < -0.4 is 10.6 Å². The number of nitrogens with zero attached hydrogens (tertiary/aromatic N) is 4. The molecule has 3 aromatic rings. The van der Waals surface area contributed by atoms with Gasteiger partial charge in [0.25, 0.3) is 5.69 Å². The van der Waals surface area contributed by atoms with Gasteiger partial charge >= 0.3 is 6.03 Å². The molecule has 9 nitrogen and oxygen atoms in total. The van der Waals surface area contributed by atoms with Gasteiger partial charge in [0.15, 0.2) is 11.0 Å². The minimum atomic E-state index is -0.453. The fourth-order valence-corrected chi connectivity index (χ4v) is 3.90. The number of non-ortho nitro benzene ring substituents is 1. The van der Waals surface area contributed by atoms with E-state index in [4.69, 9.17) is 0 Å². The number of carbonyl (C=O) groups is 1. The number of nitro groups is 1. The first-order valence-electron chi connectivity index (χ1n) is 10.1. The number of nitro benzene ring substituents is 1. The second-order valence-electron chi connectivity index (χ2n) is 8.29. The van der Waals surface area contributed by atoms with Crippen molar-refractivity contribution in [2.75, 3.05) is 0 Å². The van der Waals surface area contributed by atoms with Gasteiger partial charge in [0.1, 0.15) is 0 Å². The maximum absolute atomic E-state index is 12.4. The molecule has 0 saturated heterocycles. The van der Waals surface area contributed by atoms with Gasteiger partial charge in [-0.3, -0.25) is 14.7 Å². The van der Waals surface area contributed by atoms with E-state index in [9.17, 15) is 14.9 Å². The van der Waals surface area contributed by atoms with Crippen molar-refractivity contribution in [3.63, 3.8) is 0 Å². The molecule has 1 aromatic heterocycles. The number of thioether (sulfide) groups is 1. The van der Waals surface area contributed by atoms with E-state index in [-0.39, 0.29) is 17.3 Å². The number of hydrogen-bond donors (Lipinski definition) is 2. The molecular formula is C22H26N6O3S. The van der Waals surface area contributed by atoms with Gasteiger partial charge < -0.3 is 10.6 Å². The summed E-state index contributed by atoms with van der Waals surface area (Å²) < 4.78 is 1.82. The predicted molar refractivity (Wildman–Crippen MR) is 124 cm³/mol. The third-order valence-corrected chi connectivity index (χ3v) is 5.41. The highest BCUT2D eigenvalue weighted by molar-refractivity contribution is 7.98. The molecule has 3 rings (SSSR count). The molecule has 0 aliphatic rings. The Bertz CT molecular complexity index is 1080. The minimum absolute atomic E-state index is 0.00223. The Kier molecular flexibility index (Phi) is 7.14. The van der Waals surface area contributed by atoms with E-state index in [0.29, 0.717) is 22.4 Å². The highest BCUT2D eigenvalue weighted by Crippen LogP contribution is 2.28. The highest BCUT2D eigenvalue weighted by atomic mass is 32.2. The molecular weight excluding hydrogens is 428 g/mol. The molecule has 32 heavy (non-hydrogen) atoms. The fourth-order valence-electron chi connectivity index (χ4n) is 2.98. The van der Waals surface area contributed by atoms with Crippen LogP contribution in [0, 0.1) is 10.1 Å². The lowest BCUT2D eigenvalue weighted by Gasteiger charge is -2.23. The molecule has 0 spiro atoms. The van der Waals surface area contributed by atoms with Gasteiger partial charge in [-0.25, -0.2) is 4.79 Å². The summed E-state index contributed by atoms with van der Waals surface area (Å²) in [6.45, 7) is 7.51. The first kappa shape index (κ1) is 23.3. The van der Waals surface area contributed by atoms with E-state index in [2.05, 4.69) is 20.8 Å². The highest BCUT2D eigenvalue weighted by Gasteiger charge is 2.23. The second kappa shape index (κ2) is 9.82. The maximum Gasteiger partial charge on any atom is 0.315 e. The number of aromatic nitrogens is 3. The first-order chi connectivity index (χ1) is 15.1. The smallest absolute Gasteiger partial charge is 0.315 e. The number of nitrogens with one attached hydrogen (secondary N) is 2. The van der Waals surface area contributed by atoms with Crippen molar-refractivity contribution in [1.29, 1.82) is 0 Å². The summed E-state index contributed by atoms with van der Waals surface area (Å²) in [5.41, 5.74) is 1.42. The fraction of sp³-hybridized carbons (Fsp3) is 0.318. The molecule has 2 amide bonds. The van der Waals surface area contributed by atoms with E-state index in [1.165, 1.54) is 23.9 Å². The molecule has 0 bridgehead atoms. The van der Waals surface area contributed by atoms with Crippen molar-refractivity contribution in [2.24, 2.45) is 0 Å². The van der Waals surface area contributed by atoms with Gasteiger partial charge in [0, 0.05) is 29.1 Å². The summed E-state index contributed by atoms with van der Waals surface area (Å²) in [7, 11) is 0. The van der Waals surface area contributed by atoms with Gasteiger partial charge in [0.2, 0.25) is 0 Å². The number of hydrogen-bond acceptors (Lipinski definition) is 6. The molecule has 1 unspecified atom stereocenters. The monoisotopic (exact) mass is 454 g/mol. The molecule has 2 aromatic carbocycles. The lowest BCUT2D eigenvalue weighted by Crippen LogP contribution is -2.47. The van der Waals surface area contributed by atoms with E-state index < -0.39 is 11.0 Å². The minimum Gasteiger partial charge on any atom is -0.334 e. The number of amides is 2. The van der Waals surface area contributed by atoms with Crippen LogP contribution in [0.1, 0.15) is 45.1 Å². The first-order valence-corrected chi connectivity index (χ1v) is 11.1. The molecule has 0 aliphatic carbocycles. The van der Waals surface area contributed by atoms with Crippen LogP contribution >= 0.6 is 11.8 Å². The van der Waals surface area contributed by atoms with Crippen molar-refractivity contribution in [3.05, 3.63) is 76.1 Å². The molecule has 0 saturated carbocycles. The SMILES string of the molecule is CC(NC(=O)NC(C)(C)C)c1nnc(SCc2ccccc2)n1-c1ccc([N+](=O)[O-])cc1. The number of benzene rings is 2. The molecule has 2 N–H and O–H groups in total. The van der Waals surface area contributed by atoms with Crippen LogP contribution in [0.3, 0.4) is 0 Å². The number of carbonyl (C=O) groups excluding carboxylic acids is 1. The second-order valence-corrected chi connectivity index (χ2v) is 9.24. The van der Waals surface area contributed by atoms with Gasteiger partial charge in [-0.05, 0) is 45.4 Å². The van der Waals surface area contributed by atoms with E-state index in [1.807, 2.05) is 62.6 Å². The Balaban J connectivity index is 1.91. The lowest BCUT2D eigenvalue weighted by atomic mass is 10.1. The topological polar surface area (TPSA) is 115 Å². The molecule has 168 valence electrons. The zero-order valence-electron chi connectivity index (χ0n) is 18.4. The standard InChI is InChI=1S/C22H26N6O3S/c1-15(23-20(29)24-22(2,3)4)19-25-26-21(32-14-16-8-6-5-7-9-16)27(19)17-10-12-18(13-11-17)28(30)31/h5-13,15H,14H2,1-4H3,(H2,23,24,29). The Labute approximate surface area is 190 Å². The van der Waals surface area contributed by atoms with Crippen LogP contribution in [-0.4, -0.2) is 31.3 Å². The zero-order chi connectivity index (χ0) is 23.3. The molecule has 0 aliphatic heterocycles. The number of rotatable bonds is 7. The average molecular weight is 455 g/mol. The van der Waals surface area contributed by atoms with Crippen molar-refractivity contribution in [1.82, 2.24) is 25.4 Å². The Hall–Kier alpha value is -3.40. The van der Waals surface area contributed by atoms with Crippen molar-refractivity contribution < 1.29 is 9.72 Å². The third-order valence-electron chi connectivity index (χ3n) is 4.41. The van der Waals surface area contributed by atoms with Crippen molar-refractivity contribution in [2.45, 2.75) is 50.2 Å². The van der Waals surface area contributed by atoms with Gasteiger partial charge in [-0.1, -0.05) is 42.1 Å². The van der Waals surface area contributed by atoms with Crippen LogP contribution in [0.25, 0.3) is 5.69 Å². The Morgan fingerprint density at radius 2 is 1.78 bits per heavy atom. The molecule has 10 heteroatoms. The Morgan fingerprint density at radius 3 is 2.38 bits per heavy atom. The van der Waals surface area contributed by atoms with Gasteiger partial charge in [-0.15, -0.1) is 10.2 Å². The maximum atomic E-state index is 12.4. The van der Waals surface area contributed by atoms with E-state index in [0.717, 1.165) is 5.56 Å². The molecule has 1 heterocycles. The van der Waals surface area contributed by atoms with Crippen LogP contribution in [0.4, 0.5) is 10.5 Å². The van der Waals surface area contributed by atoms with E-state index in [1.54, 1.807) is 12.1 Å². The summed E-state index contributed by atoms with van der Waals surface area (Å²) in [5.74, 6) is 1.21.